The van der Waals surface area contributed by atoms with E-state index in [1.807, 2.05) is 0 Å². The van der Waals surface area contributed by atoms with E-state index in [1.165, 1.54) is 18.9 Å². The molecule has 76 valence electrons. The van der Waals surface area contributed by atoms with E-state index in [0.717, 1.165) is 6.42 Å². The van der Waals surface area contributed by atoms with Crippen molar-refractivity contribution in [3.63, 3.8) is 0 Å². The number of hydrogen-bond acceptors (Lipinski definition) is 1. The van der Waals surface area contributed by atoms with Gasteiger partial charge in [-0.15, -0.1) is 0 Å². The van der Waals surface area contributed by atoms with E-state index >= 15 is 0 Å². The first-order chi connectivity index (χ1) is 6.07. The molecule has 0 aromatic carbocycles. The quantitative estimate of drug-likeness (QED) is 0.644. The van der Waals surface area contributed by atoms with Gasteiger partial charge in [-0.05, 0) is 18.3 Å². The van der Waals surface area contributed by atoms with Gasteiger partial charge in [0.2, 0.25) is 0 Å². The average Bonchev–Trinajstić information content (AvgIpc) is 2.04. The second-order valence-electron chi connectivity index (χ2n) is 3.72. The lowest BCUT2D eigenvalue weighted by molar-refractivity contribution is -0.131. The summed E-state index contributed by atoms with van der Waals surface area (Å²) in [5.74, 6) is 0.411. The highest BCUT2D eigenvalue weighted by molar-refractivity contribution is 5.79. The first-order valence-electron chi connectivity index (χ1n) is 4.97. The summed E-state index contributed by atoms with van der Waals surface area (Å²) >= 11 is 0. The van der Waals surface area contributed by atoms with E-state index in [2.05, 4.69) is 20.8 Å². The first-order valence-corrected chi connectivity index (χ1v) is 4.97. The highest BCUT2D eigenvalue weighted by Gasteiger charge is 2.09. The van der Waals surface area contributed by atoms with Gasteiger partial charge in [-0.2, -0.15) is 0 Å². The molecule has 0 heterocycles. The monoisotopic (exact) mass is 184 g/mol. The van der Waals surface area contributed by atoms with Crippen LogP contribution in [0.3, 0.4) is 0 Å². The minimum atomic E-state index is -0.852. The van der Waals surface area contributed by atoms with Gasteiger partial charge in [0.05, 0.1) is 0 Å². The van der Waals surface area contributed by atoms with Gasteiger partial charge in [0.25, 0.3) is 0 Å². The normalized spacial score (nSPS) is 15.9. The van der Waals surface area contributed by atoms with E-state index in [0.29, 0.717) is 11.8 Å². The van der Waals surface area contributed by atoms with Crippen LogP contribution in [0.4, 0.5) is 0 Å². The fourth-order valence-electron chi connectivity index (χ4n) is 1.36. The van der Waals surface area contributed by atoms with Crippen LogP contribution in [0.1, 0.15) is 40.0 Å². The summed E-state index contributed by atoms with van der Waals surface area (Å²) in [6.07, 6.45) is 6.28. The molecule has 0 aliphatic rings. The highest BCUT2D eigenvalue weighted by atomic mass is 16.4. The largest absolute Gasteiger partial charge is 0.478 e. The van der Waals surface area contributed by atoms with Crippen LogP contribution in [-0.4, -0.2) is 11.1 Å². The first kappa shape index (κ1) is 12.2. The summed E-state index contributed by atoms with van der Waals surface area (Å²) in [6, 6.07) is 0. The maximum atomic E-state index is 10.2. The molecule has 0 aliphatic heterocycles. The third-order valence-electron chi connectivity index (χ3n) is 2.48. The average molecular weight is 184 g/mol. The van der Waals surface area contributed by atoms with Crippen LogP contribution in [0.15, 0.2) is 12.2 Å². The molecular weight excluding hydrogens is 164 g/mol. The van der Waals surface area contributed by atoms with Gasteiger partial charge >= 0.3 is 5.97 Å². The number of rotatable bonds is 6. The van der Waals surface area contributed by atoms with Crippen LogP contribution in [0.5, 0.6) is 0 Å². The molecule has 0 bridgehead atoms. The second-order valence-corrected chi connectivity index (χ2v) is 3.72. The molecule has 0 radical (unpaired) electrons. The molecule has 2 unspecified atom stereocenters. The Morgan fingerprint density at radius 2 is 2.00 bits per heavy atom. The van der Waals surface area contributed by atoms with Crippen molar-refractivity contribution in [2.45, 2.75) is 40.0 Å². The van der Waals surface area contributed by atoms with Crippen molar-refractivity contribution in [3.05, 3.63) is 12.2 Å². The summed E-state index contributed by atoms with van der Waals surface area (Å²) in [4.78, 5) is 10.2. The predicted octanol–water partition coefficient (Wildman–Crippen LogP) is 3.09. The molecule has 2 heteroatoms. The zero-order valence-corrected chi connectivity index (χ0v) is 8.79. The van der Waals surface area contributed by atoms with Crippen molar-refractivity contribution in [3.8, 4) is 0 Å². The molecule has 0 aromatic rings. The fraction of sp³-hybridized carbons (Fsp3) is 0.727. The number of carbonyl (C=O) groups is 1. The van der Waals surface area contributed by atoms with Crippen LogP contribution < -0.4 is 0 Å². The molecule has 0 fully saturated rings. The number of hydrogen-bond donors (Lipinski definition) is 1. The molecule has 2 atom stereocenters. The van der Waals surface area contributed by atoms with Gasteiger partial charge < -0.3 is 5.11 Å². The molecule has 1 N–H and O–H groups in total. The Hall–Kier alpha value is -0.790. The Kier molecular flexibility index (Phi) is 6.29. The maximum absolute atomic E-state index is 10.2. The van der Waals surface area contributed by atoms with E-state index in [9.17, 15) is 4.79 Å². The number of carboxylic acid groups (broad SMARTS) is 1. The van der Waals surface area contributed by atoms with Gasteiger partial charge in [-0.1, -0.05) is 39.7 Å². The molecule has 0 aliphatic carbocycles. The van der Waals surface area contributed by atoms with E-state index in [-0.39, 0.29) is 0 Å². The molecule has 13 heavy (non-hydrogen) atoms. The predicted molar refractivity (Wildman–Crippen MR) is 54.6 cm³/mol. The second kappa shape index (κ2) is 6.70. The molecule has 0 spiro atoms. The smallest absolute Gasteiger partial charge is 0.327 e. The Balaban J connectivity index is 3.72. The zero-order chi connectivity index (χ0) is 10.3. The zero-order valence-electron chi connectivity index (χ0n) is 8.79. The number of carboxylic acids is 1. The lowest BCUT2D eigenvalue weighted by atomic mass is 9.89. The molecule has 0 saturated heterocycles. The fourth-order valence-corrected chi connectivity index (χ4v) is 1.36. The van der Waals surface area contributed by atoms with Crippen molar-refractivity contribution in [1.82, 2.24) is 0 Å². The van der Waals surface area contributed by atoms with Gasteiger partial charge in [0.15, 0.2) is 0 Å². The van der Waals surface area contributed by atoms with Crippen LogP contribution in [-0.2, 0) is 4.79 Å². The summed E-state index contributed by atoms with van der Waals surface area (Å²) in [5, 5.41) is 8.38. The van der Waals surface area contributed by atoms with Crippen molar-refractivity contribution in [2.24, 2.45) is 11.8 Å². The van der Waals surface area contributed by atoms with Gasteiger partial charge in [-0.3, -0.25) is 0 Å². The van der Waals surface area contributed by atoms with Crippen LogP contribution in [0.25, 0.3) is 0 Å². The van der Waals surface area contributed by atoms with Crippen molar-refractivity contribution < 1.29 is 9.90 Å². The number of aliphatic carboxylic acids is 1. The Bertz CT molecular complexity index is 173. The van der Waals surface area contributed by atoms with Crippen LogP contribution in [0, 0.1) is 11.8 Å². The third-order valence-corrected chi connectivity index (χ3v) is 2.48. The van der Waals surface area contributed by atoms with Gasteiger partial charge in [0, 0.05) is 6.08 Å². The lowest BCUT2D eigenvalue weighted by Crippen LogP contribution is -2.06. The highest BCUT2D eigenvalue weighted by Crippen LogP contribution is 2.19. The van der Waals surface area contributed by atoms with Gasteiger partial charge in [0.1, 0.15) is 0 Å². The molecule has 0 rings (SSSR count). The molecule has 2 nitrogen and oxygen atoms in total. The minimum absolute atomic E-state index is 0.579. The van der Waals surface area contributed by atoms with E-state index in [4.69, 9.17) is 5.11 Å². The molecule has 0 saturated carbocycles. The summed E-state index contributed by atoms with van der Waals surface area (Å²) < 4.78 is 0. The van der Waals surface area contributed by atoms with Crippen molar-refractivity contribution in [2.75, 3.05) is 0 Å². The van der Waals surface area contributed by atoms with Crippen molar-refractivity contribution >= 4 is 5.97 Å². The van der Waals surface area contributed by atoms with Crippen LogP contribution >= 0.6 is 0 Å². The number of allylic oxidation sites excluding steroid dienone is 1. The standard InChI is InChI=1S/C11H20O2/c1-4-6-9(2)10(3)7-5-8-11(12)13/h5,8-10H,4,6-7H2,1-3H3,(H,12,13). The Morgan fingerprint density at radius 1 is 1.38 bits per heavy atom. The molecule has 0 amide bonds. The third kappa shape index (κ3) is 6.38. The van der Waals surface area contributed by atoms with E-state index < -0.39 is 5.97 Å². The molecule has 0 aromatic heterocycles. The minimum Gasteiger partial charge on any atom is -0.478 e. The lowest BCUT2D eigenvalue weighted by Gasteiger charge is -2.17. The van der Waals surface area contributed by atoms with Crippen molar-refractivity contribution in [1.29, 1.82) is 0 Å². The summed E-state index contributed by atoms with van der Waals surface area (Å²) in [5.41, 5.74) is 0. The maximum Gasteiger partial charge on any atom is 0.327 e. The van der Waals surface area contributed by atoms with Gasteiger partial charge in [-0.25, -0.2) is 4.79 Å². The summed E-state index contributed by atoms with van der Waals surface area (Å²) in [6.45, 7) is 6.57. The van der Waals surface area contributed by atoms with Crippen LogP contribution in [0.2, 0.25) is 0 Å². The topological polar surface area (TPSA) is 37.3 Å². The summed E-state index contributed by atoms with van der Waals surface area (Å²) in [7, 11) is 0. The Labute approximate surface area is 80.7 Å². The van der Waals surface area contributed by atoms with E-state index in [1.54, 1.807) is 6.08 Å². The Morgan fingerprint density at radius 3 is 2.46 bits per heavy atom. The molecular formula is C11H20O2. The SMILES string of the molecule is CCCC(C)C(C)CC=CC(=O)O.